The Labute approximate surface area is 110 Å². The number of hydrogen-bond acceptors (Lipinski definition) is 3. The van der Waals surface area contributed by atoms with E-state index in [-0.39, 0.29) is 0 Å². The molecule has 1 heterocycles. The predicted molar refractivity (Wildman–Crippen MR) is 75.8 cm³/mol. The van der Waals surface area contributed by atoms with Gasteiger partial charge in [-0.1, -0.05) is 40.5 Å². The fourth-order valence-electron chi connectivity index (χ4n) is 2.71. The highest BCUT2D eigenvalue weighted by Crippen LogP contribution is 2.37. The van der Waals surface area contributed by atoms with E-state index < -0.39 is 0 Å². The minimum atomic E-state index is 0.362. The molecule has 0 aromatic carbocycles. The van der Waals surface area contributed by atoms with E-state index in [4.69, 9.17) is 0 Å². The quantitative estimate of drug-likeness (QED) is 0.878. The smallest absolute Gasteiger partial charge is 0.129 e. The summed E-state index contributed by atoms with van der Waals surface area (Å²) in [5.74, 6) is 1.43. The number of rotatable bonds is 3. The Bertz CT molecular complexity index is 398. The van der Waals surface area contributed by atoms with Crippen molar-refractivity contribution in [2.24, 2.45) is 5.41 Å². The Morgan fingerprint density at radius 2 is 2.06 bits per heavy atom. The van der Waals surface area contributed by atoms with E-state index in [0.717, 1.165) is 11.5 Å². The van der Waals surface area contributed by atoms with Crippen LogP contribution in [-0.2, 0) is 0 Å². The molecule has 3 heteroatoms. The third-order valence-corrected chi connectivity index (χ3v) is 4.11. The minimum Gasteiger partial charge on any atom is -0.367 e. The van der Waals surface area contributed by atoms with Gasteiger partial charge in [0.2, 0.25) is 0 Å². The zero-order valence-electron chi connectivity index (χ0n) is 12.0. The maximum absolute atomic E-state index is 4.36. The Morgan fingerprint density at radius 1 is 1.28 bits per heavy atom. The Kier molecular flexibility index (Phi) is 3.88. The first kappa shape index (κ1) is 13.3. The highest BCUT2D eigenvalue weighted by molar-refractivity contribution is 5.37. The SMILES string of the molecule is CC(C)c1cc(NC2CCCCC2(C)C)ncn1. The maximum atomic E-state index is 4.36. The van der Waals surface area contributed by atoms with Crippen molar-refractivity contribution in [3.05, 3.63) is 18.1 Å². The number of aromatic nitrogens is 2. The van der Waals surface area contributed by atoms with Crippen molar-refractivity contribution in [2.45, 2.75) is 65.3 Å². The molecule has 1 N–H and O–H groups in total. The average Bonchev–Trinajstić information content (AvgIpc) is 2.32. The van der Waals surface area contributed by atoms with Crippen LogP contribution in [0.4, 0.5) is 5.82 Å². The highest BCUT2D eigenvalue weighted by Gasteiger charge is 2.32. The van der Waals surface area contributed by atoms with E-state index >= 15 is 0 Å². The van der Waals surface area contributed by atoms with Gasteiger partial charge in [-0.2, -0.15) is 0 Å². The minimum absolute atomic E-state index is 0.362. The van der Waals surface area contributed by atoms with Gasteiger partial charge in [0, 0.05) is 17.8 Å². The lowest BCUT2D eigenvalue weighted by molar-refractivity contribution is 0.216. The van der Waals surface area contributed by atoms with Crippen LogP contribution in [0.5, 0.6) is 0 Å². The predicted octanol–water partition coefficient (Wildman–Crippen LogP) is 3.98. The largest absolute Gasteiger partial charge is 0.367 e. The summed E-state index contributed by atoms with van der Waals surface area (Å²) in [5, 5.41) is 3.62. The van der Waals surface area contributed by atoms with Crippen LogP contribution in [0.2, 0.25) is 0 Å². The molecule has 1 aliphatic rings. The fourth-order valence-corrected chi connectivity index (χ4v) is 2.71. The molecule has 3 nitrogen and oxygen atoms in total. The Hall–Kier alpha value is -1.12. The Morgan fingerprint density at radius 3 is 2.72 bits per heavy atom. The first-order valence-electron chi connectivity index (χ1n) is 7.07. The van der Waals surface area contributed by atoms with Crippen molar-refractivity contribution in [1.82, 2.24) is 9.97 Å². The molecular weight excluding hydrogens is 222 g/mol. The van der Waals surface area contributed by atoms with Gasteiger partial charge in [0.1, 0.15) is 12.1 Å². The van der Waals surface area contributed by atoms with Gasteiger partial charge in [-0.15, -0.1) is 0 Å². The molecule has 0 amide bonds. The third-order valence-electron chi connectivity index (χ3n) is 4.11. The average molecular weight is 247 g/mol. The molecule has 1 aromatic rings. The van der Waals surface area contributed by atoms with Gasteiger partial charge in [-0.05, 0) is 24.2 Å². The Balaban J connectivity index is 2.11. The number of nitrogens with zero attached hydrogens (tertiary/aromatic N) is 2. The van der Waals surface area contributed by atoms with Gasteiger partial charge in [0.05, 0.1) is 0 Å². The summed E-state index contributed by atoms with van der Waals surface area (Å²) < 4.78 is 0. The molecule has 1 saturated carbocycles. The van der Waals surface area contributed by atoms with Gasteiger partial charge < -0.3 is 5.32 Å². The van der Waals surface area contributed by atoms with Gasteiger partial charge in [-0.25, -0.2) is 9.97 Å². The van der Waals surface area contributed by atoms with Gasteiger partial charge in [-0.3, -0.25) is 0 Å². The van der Waals surface area contributed by atoms with E-state index in [1.165, 1.54) is 25.7 Å². The van der Waals surface area contributed by atoms with Crippen LogP contribution in [0.25, 0.3) is 0 Å². The lowest BCUT2D eigenvalue weighted by Crippen LogP contribution is -2.39. The van der Waals surface area contributed by atoms with Crippen LogP contribution >= 0.6 is 0 Å². The summed E-state index contributed by atoms with van der Waals surface area (Å²) in [6, 6.07) is 2.62. The number of anilines is 1. The summed E-state index contributed by atoms with van der Waals surface area (Å²) >= 11 is 0. The van der Waals surface area contributed by atoms with Gasteiger partial charge in [0.15, 0.2) is 0 Å². The van der Waals surface area contributed by atoms with E-state index in [2.05, 4.69) is 49.0 Å². The van der Waals surface area contributed by atoms with Crippen LogP contribution in [0, 0.1) is 5.41 Å². The van der Waals surface area contributed by atoms with Crippen molar-refractivity contribution in [3.63, 3.8) is 0 Å². The molecule has 0 bridgehead atoms. The second-order valence-electron chi connectivity index (χ2n) is 6.41. The molecule has 18 heavy (non-hydrogen) atoms. The van der Waals surface area contributed by atoms with E-state index in [0.29, 0.717) is 17.4 Å². The van der Waals surface area contributed by atoms with Crippen molar-refractivity contribution in [2.75, 3.05) is 5.32 Å². The summed E-state index contributed by atoms with van der Waals surface area (Å²) in [6.07, 6.45) is 6.89. The lowest BCUT2D eigenvalue weighted by atomic mass is 9.73. The van der Waals surface area contributed by atoms with Crippen molar-refractivity contribution >= 4 is 5.82 Å². The van der Waals surface area contributed by atoms with Crippen LogP contribution in [-0.4, -0.2) is 16.0 Å². The maximum Gasteiger partial charge on any atom is 0.129 e. The molecule has 0 aliphatic heterocycles. The topological polar surface area (TPSA) is 37.8 Å². The molecule has 1 aromatic heterocycles. The summed E-state index contributed by atoms with van der Waals surface area (Å²) in [7, 11) is 0. The highest BCUT2D eigenvalue weighted by atomic mass is 15.0. The number of nitrogens with one attached hydrogen (secondary N) is 1. The molecule has 100 valence electrons. The van der Waals surface area contributed by atoms with Gasteiger partial charge in [0.25, 0.3) is 0 Å². The molecule has 1 aliphatic carbocycles. The fraction of sp³-hybridized carbons (Fsp3) is 0.733. The van der Waals surface area contributed by atoms with Crippen LogP contribution in [0.15, 0.2) is 12.4 Å². The monoisotopic (exact) mass is 247 g/mol. The van der Waals surface area contributed by atoms with E-state index in [1.54, 1.807) is 6.33 Å². The first-order valence-corrected chi connectivity index (χ1v) is 7.07. The zero-order chi connectivity index (χ0) is 13.2. The first-order chi connectivity index (χ1) is 8.49. The summed E-state index contributed by atoms with van der Waals surface area (Å²) in [6.45, 7) is 9.04. The number of hydrogen-bond donors (Lipinski definition) is 1. The van der Waals surface area contributed by atoms with Gasteiger partial charge >= 0.3 is 0 Å². The van der Waals surface area contributed by atoms with Crippen LogP contribution in [0.3, 0.4) is 0 Å². The second-order valence-corrected chi connectivity index (χ2v) is 6.41. The lowest BCUT2D eigenvalue weighted by Gasteiger charge is -2.39. The molecule has 0 saturated heterocycles. The molecule has 0 spiro atoms. The summed E-state index contributed by atoms with van der Waals surface area (Å²) in [4.78, 5) is 8.68. The second kappa shape index (κ2) is 5.25. The molecule has 1 unspecified atom stereocenters. The van der Waals surface area contributed by atoms with Crippen molar-refractivity contribution in [1.29, 1.82) is 0 Å². The molecule has 0 radical (unpaired) electrons. The zero-order valence-corrected chi connectivity index (χ0v) is 12.0. The molecule has 2 rings (SSSR count). The van der Waals surface area contributed by atoms with E-state index in [9.17, 15) is 0 Å². The van der Waals surface area contributed by atoms with E-state index in [1.807, 2.05) is 0 Å². The molecule has 1 fully saturated rings. The normalized spacial score (nSPS) is 23.1. The molecular formula is C15H25N3. The van der Waals surface area contributed by atoms with Crippen LogP contribution in [0.1, 0.15) is 65.0 Å². The molecule has 1 atom stereocenters. The van der Waals surface area contributed by atoms with Crippen LogP contribution < -0.4 is 5.32 Å². The summed E-state index contributed by atoms with van der Waals surface area (Å²) in [5.41, 5.74) is 1.47. The van der Waals surface area contributed by atoms with Crippen molar-refractivity contribution in [3.8, 4) is 0 Å². The third kappa shape index (κ3) is 3.01. The van der Waals surface area contributed by atoms with Crippen molar-refractivity contribution < 1.29 is 0 Å². The standard InChI is InChI=1S/C15H25N3/c1-11(2)12-9-14(17-10-16-12)18-13-7-5-6-8-15(13,3)4/h9-11,13H,5-8H2,1-4H3,(H,16,17,18).